The minimum absolute atomic E-state index is 0.0777. The highest BCUT2D eigenvalue weighted by Gasteiger charge is 2.67. The molecule has 1 aromatic rings. The van der Waals surface area contributed by atoms with E-state index in [2.05, 4.69) is 4.72 Å². The molecule has 2 atom stereocenters. The van der Waals surface area contributed by atoms with Gasteiger partial charge in [-0.1, -0.05) is 12.1 Å². The molecule has 8 heteroatoms. The van der Waals surface area contributed by atoms with Crippen LogP contribution in [0.2, 0.25) is 0 Å². The lowest BCUT2D eigenvalue weighted by Gasteiger charge is -2.44. The second kappa shape index (κ2) is 4.75. The third kappa shape index (κ3) is 2.31. The van der Waals surface area contributed by atoms with Crippen molar-refractivity contribution in [2.75, 3.05) is 6.54 Å². The number of ether oxygens (including phenoxy) is 1. The average Bonchev–Trinajstić information content (AvgIpc) is 2.92. The quantitative estimate of drug-likeness (QED) is 0.840. The molecule has 1 aromatic carbocycles. The fraction of sp³-hybridized carbons (Fsp3) is 0.625. The normalized spacial score (nSPS) is 39.5. The van der Waals surface area contributed by atoms with Crippen molar-refractivity contribution < 1.29 is 21.9 Å². The van der Waals surface area contributed by atoms with Crippen molar-refractivity contribution in [3.8, 4) is 0 Å². The SMILES string of the molecule is CC1OC2(CN)CC1(NS(=O)(=O)c1ccc(C3CC3(F)F)cc1)C2. The van der Waals surface area contributed by atoms with Gasteiger partial charge in [0.15, 0.2) is 0 Å². The Morgan fingerprint density at radius 3 is 2.33 bits per heavy atom. The molecule has 4 fully saturated rings. The van der Waals surface area contributed by atoms with Gasteiger partial charge in [0.1, 0.15) is 0 Å². The van der Waals surface area contributed by atoms with E-state index in [4.69, 9.17) is 10.5 Å². The molecular weight excluding hydrogens is 338 g/mol. The number of benzene rings is 1. The van der Waals surface area contributed by atoms with Gasteiger partial charge in [0.2, 0.25) is 10.0 Å². The van der Waals surface area contributed by atoms with E-state index in [9.17, 15) is 17.2 Å². The number of fused-ring (bicyclic) bond motifs is 1. The summed E-state index contributed by atoms with van der Waals surface area (Å²) in [4.78, 5) is 0.0777. The first-order valence-corrected chi connectivity index (χ1v) is 9.50. The maximum Gasteiger partial charge on any atom is 0.255 e. The second-order valence-corrected chi connectivity index (χ2v) is 9.03. The molecule has 2 bridgehead atoms. The third-order valence-corrected chi connectivity index (χ3v) is 7.18. The van der Waals surface area contributed by atoms with Crippen LogP contribution in [-0.2, 0) is 14.8 Å². The predicted octanol–water partition coefficient (Wildman–Crippen LogP) is 1.74. The Labute approximate surface area is 139 Å². The van der Waals surface area contributed by atoms with Crippen LogP contribution in [0, 0.1) is 0 Å². The summed E-state index contributed by atoms with van der Waals surface area (Å²) in [6.07, 6.45) is 0.698. The van der Waals surface area contributed by atoms with Gasteiger partial charge in [0.05, 0.1) is 28.1 Å². The molecule has 5 nitrogen and oxygen atoms in total. The highest BCUT2D eigenvalue weighted by Crippen LogP contribution is 2.56. The number of hydrogen-bond donors (Lipinski definition) is 2. The van der Waals surface area contributed by atoms with Gasteiger partial charge < -0.3 is 10.5 Å². The van der Waals surface area contributed by atoms with Crippen LogP contribution in [0.15, 0.2) is 29.2 Å². The monoisotopic (exact) mass is 358 g/mol. The van der Waals surface area contributed by atoms with Crippen molar-refractivity contribution in [1.29, 1.82) is 0 Å². The standard InChI is InChI=1S/C16H20F2N2O3S/c1-10-15(7-14(8-15,9-19)23-10)20-24(21,22)12-4-2-11(3-5-12)13-6-16(13,17)18/h2-5,10,13,20H,6-9,19H2,1H3. The smallest absolute Gasteiger partial charge is 0.255 e. The molecule has 3 N–H and O–H groups in total. The lowest BCUT2D eigenvalue weighted by atomic mass is 9.67. The predicted molar refractivity (Wildman–Crippen MR) is 83.4 cm³/mol. The van der Waals surface area contributed by atoms with Crippen LogP contribution in [0.1, 0.15) is 37.7 Å². The fourth-order valence-corrected chi connectivity index (χ4v) is 5.54. The first kappa shape index (κ1) is 16.4. The maximum absolute atomic E-state index is 13.1. The zero-order valence-corrected chi connectivity index (χ0v) is 14.1. The van der Waals surface area contributed by atoms with Crippen LogP contribution in [0.5, 0.6) is 0 Å². The number of rotatable bonds is 5. The zero-order chi connectivity index (χ0) is 17.4. The summed E-state index contributed by atoms with van der Waals surface area (Å²) in [6.45, 7) is 2.20. The van der Waals surface area contributed by atoms with Gasteiger partial charge >= 0.3 is 0 Å². The largest absolute Gasteiger partial charge is 0.369 e. The molecule has 2 saturated heterocycles. The van der Waals surface area contributed by atoms with E-state index in [1.807, 2.05) is 6.92 Å². The summed E-state index contributed by atoms with van der Waals surface area (Å²) in [5.41, 5.74) is 5.15. The number of halogens is 2. The topological polar surface area (TPSA) is 81.4 Å². The Bertz CT molecular complexity index is 773. The molecule has 0 radical (unpaired) electrons. The molecule has 0 amide bonds. The highest BCUT2D eigenvalue weighted by molar-refractivity contribution is 7.89. The summed E-state index contributed by atoms with van der Waals surface area (Å²) >= 11 is 0. The minimum Gasteiger partial charge on any atom is -0.369 e. The summed E-state index contributed by atoms with van der Waals surface area (Å²) in [5.74, 6) is -3.45. The summed E-state index contributed by atoms with van der Waals surface area (Å²) in [7, 11) is -3.74. The van der Waals surface area contributed by atoms with Crippen molar-refractivity contribution >= 4 is 10.0 Å². The number of hydrogen-bond acceptors (Lipinski definition) is 4. The molecule has 24 heavy (non-hydrogen) atoms. The van der Waals surface area contributed by atoms with Gasteiger partial charge in [0.25, 0.3) is 5.92 Å². The molecule has 2 aliphatic carbocycles. The number of sulfonamides is 1. The van der Waals surface area contributed by atoms with E-state index in [1.165, 1.54) is 24.3 Å². The first-order valence-electron chi connectivity index (χ1n) is 8.01. The second-order valence-electron chi connectivity index (χ2n) is 7.35. The zero-order valence-electron chi connectivity index (χ0n) is 13.3. The van der Waals surface area contributed by atoms with Gasteiger partial charge in [-0.05, 0) is 37.5 Å². The van der Waals surface area contributed by atoms with Crippen LogP contribution in [0.4, 0.5) is 8.78 Å². The van der Waals surface area contributed by atoms with Crippen LogP contribution < -0.4 is 10.5 Å². The van der Waals surface area contributed by atoms with E-state index in [0.717, 1.165) is 0 Å². The molecule has 0 spiro atoms. The van der Waals surface area contributed by atoms with Crippen molar-refractivity contribution in [1.82, 2.24) is 4.72 Å². The van der Waals surface area contributed by atoms with Crippen molar-refractivity contribution in [2.45, 2.75) is 60.2 Å². The number of nitrogens with one attached hydrogen (secondary N) is 1. The Hall–Kier alpha value is -1.09. The lowest BCUT2D eigenvalue weighted by Crippen LogP contribution is -2.63. The lowest BCUT2D eigenvalue weighted by molar-refractivity contribution is -0.0126. The Morgan fingerprint density at radius 1 is 1.29 bits per heavy atom. The third-order valence-electron chi connectivity index (χ3n) is 5.61. The van der Waals surface area contributed by atoms with Crippen molar-refractivity contribution in [3.63, 3.8) is 0 Å². The van der Waals surface area contributed by atoms with E-state index >= 15 is 0 Å². The summed E-state index contributed by atoms with van der Waals surface area (Å²) in [5, 5.41) is 0. The van der Waals surface area contributed by atoms with E-state index in [1.54, 1.807) is 0 Å². The Morgan fingerprint density at radius 2 is 1.88 bits per heavy atom. The van der Waals surface area contributed by atoms with Crippen LogP contribution in [-0.4, -0.2) is 38.1 Å². The van der Waals surface area contributed by atoms with E-state index in [0.29, 0.717) is 24.9 Å². The van der Waals surface area contributed by atoms with E-state index < -0.39 is 33.0 Å². The molecule has 2 unspecified atom stereocenters. The fourth-order valence-electron chi connectivity index (χ4n) is 4.08. The molecular formula is C16H20F2N2O3S. The van der Waals surface area contributed by atoms with Gasteiger partial charge in [0, 0.05) is 13.0 Å². The molecule has 2 heterocycles. The van der Waals surface area contributed by atoms with Gasteiger partial charge in [-0.15, -0.1) is 0 Å². The van der Waals surface area contributed by atoms with Gasteiger partial charge in [-0.25, -0.2) is 21.9 Å². The Balaban J connectivity index is 1.52. The first-order chi connectivity index (χ1) is 11.1. The highest BCUT2D eigenvalue weighted by atomic mass is 32.2. The summed E-state index contributed by atoms with van der Waals surface area (Å²) in [6, 6.07) is 5.71. The van der Waals surface area contributed by atoms with Gasteiger partial charge in [-0.3, -0.25) is 0 Å². The average molecular weight is 358 g/mol. The molecule has 2 aliphatic heterocycles. The molecule has 5 rings (SSSR count). The number of alkyl halides is 2. The maximum atomic E-state index is 13.1. The minimum atomic E-state index is -3.74. The summed E-state index contributed by atoms with van der Waals surface area (Å²) < 4.78 is 60.0. The van der Waals surface area contributed by atoms with E-state index in [-0.39, 0.29) is 17.4 Å². The molecule has 0 aromatic heterocycles. The Kier molecular flexibility index (Phi) is 3.24. The van der Waals surface area contributed by atoms with Crippen LogP contribution >= 0.6 is 0 Å². The molecule has 132 valence electrons. The molecule has 4 aliphatic rings. The van der Waals surface area contributed by atoms with Crippen LogP contribution in [0.25, 0.3) is 0 Å². The van der Waals surface area contributed by atoms with Gasteiger partial charge in [-0.2, -0.15) is 0 Å². The van der Waals surface area contributed by atoms with Crippen molar-refractivity contribution in [3.05, 3.63) is 29.8 Å². The van der Waals surface area contributed by atoms with Crippen molar-refractivity contribution in [2.24, 2.45) is 5.73 Å². The number of nitrogens with two attached hydrogens (primary N) is 1. The molecule has 2 saturated carbocycles. The van der Waals surface area contributed by atoms with Crippen LogP contribution in [0.3, 0.4) is 0 Å².